The average molecular weight is 480 g/mol. The molecule has 4 nitrogen and oxygen atoms in total. The van der Waals surface area contributed by atoms with Crippen molar-refractivity contribution in [1.82, 2.24) is 15.6 Å². The number of carbonyl (C=O) groups excluding carboxylic acids is 1. The number of nitrogens with zero attached hydrogens (tertiary/aromatic N) is 1. The highest BCUT2D eigenvalue weighted by Gasteiger charge is 2.36. The van der Waals surface area contributed by atoms with Crippen LogP contribution < -0.4 is 10.6 Å². The van der Waals surface area contributed by atoms with Crippen molar-refractivity contribution < 1.29 is 18.0 Å². The van der Waals surface area contributed by atoms with E-state index in [0.29, 0.717) is 0 Å². The van der Waals surface area contributed by atoms with Crippen LogP contribution in [0.3, 0.4) is 0 Å². The Bertz CT molecular complexity index is 1080. The first-order valence-electron chi connectivity index (χ1n) is 10.2. The SMILES string of the molecule is O=C(N[C@@H](c1cccc(-c2cccs2)c1)[C@@H]1CCCCN1)c1nccc(C(F)(F)F)c1Cl. The maximum absolute atomic E-state index is 13.2. The number of rotatable bonds is 5. The molecule has 9 heteroatoms. The third kappa shape index (κ3) is 4.98. The number of benzene rings is 1. The molecule has 1 aliphatic heterocycles. The van der Waals surface area contributed by atoms with E-state index in [1.54, 1.807) is 11.3 Å². The van der Waals surface area contributed by atoms with Gasteiger partial charge in [-0.15, -0.1) is 11.3 Å². The van der Waals surface area contributed by atoms with E-state index >= 15 is 0 Å². The molecule has 0 spiro atoms. The molecule has 2 aromatic heterocycles. The van der Waals surface area contributed by atoms with Gasteiger partial charge < -0.3 is 10.6 Å². The molecular weight excluding hydrogens is 459 g/mol. The standard InChI is InChI=1S/C23H21ClF3N3OS/c24-19-16(23(25,26)27)9-11-29-21(19)22(31)30-20(17-7-1-2-10-28-17)15-6-3-5-14(13-15)18-8-4-12-32-18/h3-6,8-9,11-13,17,20,28H,1-2,7,10H2,(H,30,31)/t17-,20-/m0/s1. The molecule has 0 bridgehead atoms. The maximum atomic E-state index is 13.2. The van der Waals surface area contributed by atoms with Crippen molar-refractivity contribution in [2.45, 2.75) is 37.5 Å². The zero-order valence-electron chi connectivity index (χ0n) is 17.0. The Labute approximate surface area is 192 Å². The van der Waals surface area contributed by atoms with Gasteiger partial charge in [-0.2, -0.15) is 13.2 Å². The fraction of sp³-hybridized carbons (Fsp3) is 0.304. The maximum Gasteiger partial charge on any atom is 0.417 e. The highest BCUT2D eigenvalue weighted by atomic mass is 35.5. The summed E-state index contributed by atoms with van der Waals surface area (Å²) in [6.07, 6.45) is -0.855. The zero-order valence-corrected chi connectivity index (χ0v) is 18.5. The van der Waals surface area contributed by atoms with Gasteiger partial charge in [0, 0.05) is 17.1 Å². The van der Waals surface area contributed by atoms with Crippen LogP contribution >= 0.6 is 22.9 Å². The number of thiophene rings is 1. The highest BCUT2D eigenvalue weighted by Crippen LogP contribution is 2.36. The zero-order chi connectivity index (χ0) is 22.7. The molecule has 1 fully saturated rings. The summed E-state index contributed by atoms with van der Waals surface area (Å²) >= 11 is 7.55. The number of nitrogens with one attached hydrogen (secondary N) is 2. The van der Waals surface area contributed by atoms with E-state index in [1.807, 2.05) is 41.8 Å². The minimum atomic E-state index is -4.67. The second-order valence-electron chi connectivity index (χ2n) is 7.63. The fourth-order valence-corrected chi connectivity index (χ4v) is 4.97. The number of carbonyl (C=O) groups is 1. The summed E-state index contributed by atoms with van der Waals surface area (Å²) in [5, 5.41) is 7.63. The molecule has 1 aliphatic rings. The molecule has 32 heavy (non-hydrogen) atoms. The number of alkyl halides is 3. The Morgan fingerprint density at radius 2 is 2.06 bits per heavy atom. The number of hydrogen-bond acceptors (Lipinski definition) is 4. The molecule has 1 amide bonds. The molecule has 0 saturated carbocycles. The highest BCUT2D eigenvalue weighted by molar-refractivity contribution is 7.13. The van der Waals surface area contributed by atoms with Crippen LogP contribution in [0.15, 0.2) is 54.0 Å². The topological polar surface area (TPSA) is 54.0 Å². The van der Waals surface area contributed by atoms with Crippen molar-refractivity contribution in [2.75, 3.05) is 6.54 Å². The molecule has 2 atom stereocenters. The monoisotopic (exact) mass is 479 g/mol. The lowest BCUT2D eigenvalue weighted by Gasteiger charge is -2.32. The normalized spacial score (nSPS) is 17.7. The summed E-state index contributed by atoms with van der Waals surface area (Å²) in [5.41, 5.74) is 0.373. The van der Waals surface area contributed by atoms with E-state index in [1.165, 1.54) is 0 Å². The van der Waals surface area contributed by atoms with E-state index < -0.39 is 34.4 Å². The summed E-state index contributed by atoms with van der Waals surface area (Å²) in [4.78, 5) is 18.0. The third-order valence-electron chi connectivity index (χ3n) is 5.50. The quantitative estimate of drug-likeness (QED) is 0.465. The molecule has 4 rings (SSSR count). The van der Waals surface area contributed by atoms with Gasteiger partial charge >= 0.3 is 6.18 Å². The molecular formula is C23H21ClF3N3OS. The summed E-state index contributed by atoms with van der Waals surface area (Å²) in [5.74, 6) is -0.736. The van der Waals surface area contributed by atoms with Crippen molar-refractivity contribution in [3.63, 3.8) is 0 Å². The Morgan fingerprint density at radius 3 is 2.75 bits per heavy atom. The second-order valence-corrected chi connectivity index (χ2v) is 8.95. The third-order valence-corrected chi connectivity index (χ3v) is 6.80. The molecule has 168 valence electrons. The van der Waals surface area contributed by atoms with Crippen molar-refractivity contribution in [3.05, 3.63) is 75.9 Å². The minimum absolute atomic E-state index is 0.0594. The number of aromatic nitrogens is 1. The molecule has 3 heterocycles. The molecule has 3 aromatic rings. The molecule has 0 aliphatic carbocycles. The Morgan fingerprint density at radius 1 is 1.22 bits per heavy atom. The molecule has 0 unspecified atom stereocenters. The number of amides is 1. The van der Waals surface area contributed by atoms with E-state index in [4.69, 9.17) is 11.6 Å². The van der Waals surface area contributed by atoms with E-state index in [-0.39, 0.29) is 6.04 Å². The van der Waals surface area contributed by atoms with Gasteiger partial charge in [0.2, 0.25) is 0 Å². The van der Waals surface area contributed by atoms with Crippen molar-refractivity contribution >= 4 is 28.8 Å². The first-order chi connectivity index (χ1) is 15.3. The van der Waals surface area contributed by atoms with Crippen LogP contribution in [0.4, 0.5) is 13.2 Å². The molecule has 1 aromatic carbocycles. The minimum Gasteiger partial charge on any atom is -0.342 e. The number of hydrogen-bond donors (Lipinski definition) is 2. The van der Waals surface area contributed by atoms with Crippen LogP contribution in [0.25, 0.3) is 10.4 Å². The predicted molar refractivity (Wildman–Crippen MR) is 120 cm³/mol. The lowest BCUT2D eigenvalue weighted by Crippen LogP contribution is -2.46. The van der Waals surface area contributed by atoms with Crippen LogP contribution in [0.2, 0.25) is 5.02 Å². The van der Waals surface area contributed by atoms with E-state index in [9.17, 15) is 18.0 Å². The predicted octanol–water partition coefficient (Wildman–Crippen LogP) is 6.10. The van der Waals surface area contributed by atoms with Crippen LogP contribution in [0, 0.1) is 0 Å². The van der Waals surface area contributed by atoms with Gasteiger partial charge in [-0.25, -0.2) is 4.98 Å². The average Bonchev–Trinajstić information content (AvgIpc) is 3.32. The van der Waals surface area contributed by atoms with Gasteiger partial charge in [-0.1, -0.05) is 42.3 Å². The van der Waals surface area contributed by atoms with Crippen molar-refractivity contribution in [2.24, 2.45) is 0 Å². The van der Waals surface area contributed by atoms with E-state index in [2.05, 4.69) is 15.6 Å². The molecule has 2 N–H and O–H groups in total. The van der Waals surface area contributed by atoms with Crippen LogP contribution in [0.1, 0.15) is 46.9 Å². The first-order valence-corrected chi connectivity index (χ1v) is 11.5. The number of pyridine rings is 1. The number of halogens is 4. The van der Waals surface area contributed by atoms with Crippen LogP contribution in [0.5, 0.6) is 0 Å². The lowest BCUT2D eigenvalue weighted by molar-refractivity contribution is -0.137. The lowest BCUT2D eigenvalue weighted by atomic mass is 9.91. The Hall–Kier alpha value is -2.42. The smallest absolute Gasteiger partial charge is 0.342 e. The van der Waals surface area contributed by atoms with Gasteiger partial charge in [0.25, 0.3) is 5.91 Å². The first kappa shape index (κ1) is 22.8. The summed E-state index contributed by atoms with van der Waals surface area (Å²) in [6.45, 7) is 0.810. The van der Waals surface area contributed by atoms with Gasteiger partial charge in [0.1, 0.15) is 5.69 Å². The molecule has 1 saturated heterocycles. The number of piperidine rings is 1. The van der Waals surface area contributed by atoms with Gasteiger partial charge in [0.05, 0.1) is 16.6 Å². The molecule has 0 radical (unpaired) electrons. The van der Waals surface area contributed by atoms with Gasteiger partial charge in [0.15, 0.2) is 0 Å². The summed E-state index contributed by atoms with van der Waals surface area (Å²) in [7, 11) is 0. The summed E-state index contributed by atoms with van der Waals surface area (Å²) in [6, 6.07) is 12.1. The Balaban J connectivity index is 1.67. The van der Waals surface area contributed by atoms with Crippen molar-refractivity contribution in [1.29, 1.82) is 0 Å². The fourth-order valence-electron chi connectivity index (χ4n) is 3.94. The van der Waals surface area contributed by atoms with Gasteiger partial charge in [-0.3, -0.25) is 4.79 Å². The van der Waals surface area contributed by atoms with E-state index in [0.717, 1.165) is 54.1 Å². The second kappa shape index (κ2) is 9.60. The van der Waals surface area contributed by atoms with Crippen LogP contribution in [-0.4, -0.2) is 23.5 Å². The van der Waals surface area contributed by atoms with Crippen LogP contribution in [-0.2, 0) is 6.18 Å². The van der Waals surface area contributed by atoms with Crippen molar-refractivity contribution in [3.8, 4) is 10.4 Å². The Kier molecular flexibility index (Phi) is 6.83. The summed E-state index contributed by atoms with van der Waals surface area (Å²) < 4.78 is 39.7. The largest absolute Gasteiger partial charge is 0.417 e. The van der Waals surface area contributed by atoms with Gasteiger partial charge in [-0.05, 0) is 54.1 Å².